The van der Waals surface area contributed by atoms with Gasteiger partial charge in [0.25, 0.3) is 0 Å². The second kappa shape index (κ2) is 12.6. The van der Waals surface area contributed by atoms with E-state index in [1.165, 1.54) is 98.0 Å². The molecule has 0 bridgehead atoms. The zero-order valence-corrected chi connectivity index (χ0v) is 33.6. The number of aromatic nitrogens is 4. The van der Waals surface area contributed by atoms with Crippen LogP contribution in [0.3, 0.4) is 0 Å². The molecule has 0 radical (unpaired) electrons. The summed E-state index contributed by atoms with van der Waals surface area (Å²) in [6.07, 6.45) is 0. The van der Waals surface area contributed by atoms with E-state index in [1.807, 2.05) is 0 Å². The molecule has 0 aliphatic rings. The molecule has 0 aliphatic heterocycles. The monoisotopic (exact) mass is 788 g/mol. The predicted octanol–water partition coefficient (Wildman–Crippen LogP) is 15.2. The van der Waals surface area contributed by atoms with E-state index in [-0.39, 0.29) is 0 Å². The maximum Gasteiger partial charge on any atom is 0.0641 e. The van der Waals surface area contributed by atoms with Crippen LogP contribution < -0.4 is 0 Å². The summed E-state index contributed by atoms with van der Waals surface area (Å²) in [6, 6.07) is 80.1. The quantitative estimate of drug-likeness (QED) is 0.169. The molecule has 0 unspecified atom stereocenters. The SMILES string of the molecule is c1ccc(-n2c3ccccc3c3ccc4c(c5ccccc5n4-c4ccc5cc(-n6c7ccccc7c7c6ccc6c8ccccc8n(-c8ccccc8)c67)ccc5c4)c32)cc1. The van der Waals surface area contributed by atoms with Crippen molar-refractivity contribution in [2.24, 2.45) is 0 Å². The first-order valence-corrected chi connectivity index (χ1v) is 21.4. The third-order valence-electron chi connectivity index (χ3n) is 13.3. The normalized spacial score (nSPS) is 12.2. The number of benzene rings is 10. The van der Waals surface area contributed by atoms with Crippen molar-refractivity contribution in [2.75, 3.05) is 0 Å². The van der Waals surface area contributed by atoms with Gasteiger partial charge in [0.2, 0.25) is 0 Å². The topological polar surface area (TPSA) is 19.7 Å². The van der Waals surface area contributed by atoms with Crippen LogP contribution in [0.2, 0.25) is 0 Å². The number of para-hydroxylation sites is 6. The first kappa shape index (κ1) is 33.5. The van der Waals surface area contributed by atoms with Gasteiger partial charge in [0.1, 0.15) is 0 Å². The molecule has 62 heavy (non-hydrogen) atoms. The fourth-order valence-corrected chi connectivity index (χ4v) is 10.8. The predicted molar refractivity (Wildman–Crippen MR) is 261 cm³/mol. The molecule has 0 N–H and O–H groups in total. The minimum atomic E-state index is 1.14. The van der Waals surface area contributed by atoms with E-state index < -0.39 is 0 Å². The zero-order valence-electron chi connectivity index (χ0n) is 33.6. The first-order chi connectivity index (χ1) is 30.8. The van der Waals surface area contributed by atoms with Gasteiger partial charge in [-0.3, -0.25) is 0 Å². The Kier molecular flexibility index (Phi) is 6.80. The molecule has 14 aromatic rings. The Morgan fingerprint density at radius 2 is 0.565 bits per heavy atom. The Morgan fingerprint density at radius 1 is 0.210 bits per heavy atom. The second-order valence-electron chi connectivity index (χ2n) is 16.5. The third-order valence-corrected chi connectivity index (χ3v) is 13.3. The highest BCUT2D eigenvalue weighted by molar-refractivity contribution is 6.27. The van der Waals surface area contributed by atoms with E-state index in [9.17, 15) is 0 Å². The molecule has 4 heterocycles. The van der Waals surface area contributed by atoms with E-state index in [2.05, 4.69) is 237 Å². The summed E-state index contributed by atoms with van der Waals surface area (Å²) in [6.45, 7) is 0. The van der Waals surface area contributed by atoms with Gasteiger partial charge in [-0.2, -0.15) is 0 Å². The Morgan fingerprint density at radius 3 is 0.984 bits per heavy atom. The van der Waals surface area contributed by atoms with Gasteiger partial charge in [0.15, 0.2) is 0 Å². The summed E-state index contributed by atoms with van der Waals surface area (Å²) in [5, 5.41) is 12.5. The van der Waals surface area contributed by atoms with Crippen molar-refractivity contribution in [1.29, 1.82) is 0 Å². The summed E-state index contributed by atoms with van der Waals surface area (Å²) in [5.41, 5.74) is 14.3. The Labute approximate surface area is 355 Å². The van der Waals surface area contributed by atoms with Crippen molar-refractivity contribution in [1.82, 2.24) is 18.3 Å². The van der Waals surface area contributed by atoms with Crippen LogP contribution in [0.4, 0.5) is 0 Å². The summed E-state index contributed by atoms with van der Waals surface area (Å²) in [7, 11) is 0. The molecule has 0 atom stereocenters. The maximum absolute atomic E-state index is 2.45. The zero-order chi connectivity index (χ0) is 40.5. The van der Waals surface area contributed by atoms with Crippen LogP contribution in [0.1, 0.15) is 0 Å². The fourth-order valence-electron chi connectivity index (χ4n) is 10.8. The average Bonchev–Trinajstić information content (AvgIpc) is 4.07. The van der Waals surface area contributed by atoms with E-state index in [0.717, 1.165) is 22.7 Å². The van der Waals surface area contributed by atoms with Gasteiger partial charge in [0, 0.05) is 65.8 Å². The number of fused-ring (bicyclic) bond motifs is 15. The molecule has 0 aliphatic carbocycles. The molecule has 0 saturated carbocycles. The average molecular weight is 789 g/mol. The molecule has 14 rings (SSSR count). The molecular weight excluding hydrogens is 753 g/mol. The molecule has 4 aromatic heterocycles. The van der Waals surface area contributed by atoms with Crippen LogP contribution >= 0.6 is 0 Å². The lowest BCUT2D eigenvalue weighted by molar-refractivity contribution is 1.17. The van der Waals surface area contributed by atoms with Crippen LogP contribution in [0, 0.1) is 0 Å². The van der Waals surface area contributed by atoms with Crippen LogP contribution in [0.25, 0.3) is 121 Å². The van der Waals surface area contributed by atoms with Gasteiger partial charge in [0.05, 0.1) is 44.1 Å². The molecule has 0 saturated heterocycles. The Bertz CT molecular complexity index is 3870. The fraction of sp³-hybridized carbons (Fsp3) is 0. The van der Waals surface area contributed by atoms with Crippen LogP contribution in [0.5, 0.6) is 0 Å². The number of hydrogen-bond acceptors (Lipinski definition) is 0. The van der Waals surface area contributed by atoms with Crippen molar-refractivity contribution in [3.8, 4) is 22.7 Å². The molecule has 288 valence electrons. The van der Waals surface area contributed by atoms with E-state index in [0.29, 0.717) is 0 Å². The highest BCUT2D eigenvalue weighted by Gasteiger charge is 2.23. The number of hydrogen-bond donors (Lipinski definition) is 0. The van der Waals surface area contributed by atoms with Gasteiger partial charge in [-0.05, 0) is 95.7 Å². The van der Waals surface area contributed by atoms with Crippen molar-refractivity contribution >= 4 is 98.0 Å². The van der Waals surface area contributed by atoms with Gasteiger partial charge in [-0.15, -0.1) is 0 Å². The first-order valence-electron chi connectivity index (χ1n) is 21.4. The Hall–Kier alpha value is -8.34. The van der Waals surface area contributed by atoms with Gasteiger partial charge < -0.3 is 18.3 Å². The van der Waals surface area contributed by atoms with E-state index in [4.69, 9.17) is 0 Å². The molecule has 0 spiro atoms. The van der Waals surface area contributed by atoms with Crippen molar-refractivity contribution in [3.63, 3.8) is 0 Å². The van der Waals surface area contributed by atoms with Crippen LogP contribution in [-0.4, -0.2) is 18.3 Å². The minimum Gasteiger partial charge on any atom is -0.309 e. The lowest BCUT2D eigenvalue weighted by Gasteiger charge is -2.13. The number of nitrogens with zero attached hydrogens (tertiary/aromatic N) is 4. The molecule has 4 nitrogen and oxygen atoms in total. The standard InChI is InChI=1S/C58H36N4/c1-3-15-39(16-4-1)61-49-23-11-7-19-43(49)45-31-33-53-55(57(45)61)47-21-9-13-25-51(47)59(53)41-29-27-38-36-42(30-28-37(38)35-41)60-52-26-14-10-22-48(52)56-54(60)34-32-46-44-20-8-12-24-50(44)62(58(46)56)40-17-5-2-6-18-40/h1-36H. The largest absolute Gasteiger partial charge is 0.309 e. The molecular formula is C58H36N4. The summed E-state index contributed by atoms with van der Waals surface area (Å²) < 4.78 is 9.81. The van der Waals surface area contributed by atoms with E-state index in [1.54, 1.807) is 0 Å². The van der Waals surface area contributed by atoms with Crippen LogP contribution in [-0.2, 0) is 0 Å². The summed E-state index contributed by atoms with van der Waals surface area (Å²) in [5.74, 6) is 0. The van der Waals surface area contributed by atoms with Crippen molar-refractivity contribution < 1.29 is 0 Å². The highest BCUT2D eigenvalue weighted by Crippen LogP contribution is 2.44. The lowest BCUT2D eigenvalue weighted by Crippen LogP contribution is -1.96. The van der Waals surface area contributed by atoms with Gasteiger partial charge >= 0.3 is 0 Å². The summed E-state index contributed by atoms with van der Waals surface area (Å²) >= 11 is 0. The molecule has 0 fully saturated rings. The van der Waals surface area contributed by atoms with Crippen molar-refractivity contribution in [3.05, 3.63) is 218 Å². The summed E-state index contributed by atoms with van der Waals surface area (Å²) in [4.78, 5) is 0. The molecule has 4 heteroatoms. The Balaban J connectivity index is 0.983. The maximum atomic E-state index is 2.45. The van der Waals surface area contributed by atoms with Crippen molar-refractivity contribution in [2.45, 2.75) is 0 Å². The smallest absolute Gasteiger partial charge is 0.0641 e. The molecule has 10 aromatic carbocycles. The number of rotatable bonds is 4. The van der Waals surface area contributed by atoms with Gasteiger partial charge in [-0.25, -0.2) is 0 Å². The lowest BCUT2D eigenvalue weighted by atomic mass is 10.1. The van der Waals surface area contributed by atoms with Gasteiger partial charge in [-0.1, -0.05) is 133 Å². The minimum absolute atomic E-state index is 1.14. The molecule has 0 amide bonds. The van der Waals surface area contributed by atoms with Crippen LogP contribution in [0.15, 0.2) is 218 Å². The third kappa shape index (κ3) is 4.50. The van der Waals surface area contributed by atoms with E-state index >= 15 is 0 Å². The highest BCUT2D eigenvalue weighted by atomic mass is 15.0. The second-order valence-corrected chi connectivity index (χ2v) is 16.5.